The fourth-order valence-electron chi connectivity index (χ4n) is 2.74. The molecule has 1 aliphatic rings. The van der Waals surface area contributed by atoms with Crippen LogP contribution in [0, 0.1) is 0 Å². The number of pyridine rings is 1. The number of piperazine rings is 1. The van der Waals surface area contributed by atoms with Crippen LogP contribution in [0.5, 0.6) is 5.75 Å². The minimum Gasteiger partial charge on any atom is -0.469 e. The molecule has 1 saturated heterocycles. The van der Waals surface area contributed by atoms with Gasteiger partial charge in [-0.3, -0.25) is 0 Å². The summed E-state index contributed by atoms with van der Waals surface area (Å²) in [5.41, 5.74) is 1.32. The van der Waals surface area contributed by atoms with E-state index in [2.05, 4.69) is 15.3 Å². The molecule has 3 aromatic rings. The molecule has 128 valence electrons. The highest BCUT2D eigenvalue weighted by Crippen LogP contribution is 2.20. The Labute approximate surface area is 144 Å². The number of nitrogens with one attached hydrogen (secondary N) is 2. The number of carbonyl (C=O) groups excluding carboxylic acids is 1. The van der Waals surface area contributed by atoms with E-state index in [0.29, 0.717) is 24.4 Å². The van der Waals surface area contributed by atoms with E-state index in [0.717, 1.165) is 17.6 Å². The topological polar surface area (TPSA) is 79.5 Å². The summed E-state index contributed by atoms with van der Waals surface area (Å²) < 4.78 is 5.99. The van der Waals surface area contributed by atoms with E-state index in [-0.39, 0.29) is 0 Å². The van der Waals surface area contributed by atoms with Crippen LogP contribution in [0.1, 0.15) is 10.4 Å². The summed E-state index contributed by atoms with van der Waals surface area (Å²) in [4.78, 5) is 25.2. The van der Waals surface area contributed by atoms with Gasteiger partial charge in [0.2, 0.25) is 0 Å². The number of nitrogens with zero attached hydrogens (tertiary/aromatic N) is 2. The van der Waals surface area contributed by atoms with E-state index in [1.165, 1.54) is 0 Å². The Hall–Kier alpha value is -2.90. The molecule has 0 saturated carbocycles. The summed E-state index contributed by atoms with van der Waals surface area (Å²) >= 11 is 0. The van der Waals surface area contributed by atoms with Gasteiger partial charge < -0.3 is 19.9 Å². The van der Waals surface area contributed by atoms with Crippen LogP contribution in [0.2, 0.25) is 0 Å². The lowest BCUT2D eigenvalue weighted by Gasteiger charge is -2.33. The molecule has 2 aromatic heterocycles. The van der Waals surface area contributed by atoms with E-state index in [1.807, 2.05) is 24.4 Å². The van der Waals surface area contributed by atoms with Gasteiger partial charge in [-0.05, 0) is 24.3 Å². The van der Waals surface area contributed by atoms with Crippen LogP contribution >= 0.6 is 0 Å². The maximum absolute atomic E-state index is 12.3. The molecule has 7 heteroatoms. The van der Waals surface area contributed by atoms with Crippen molar-refractivity contribution in [3.63, 3.8) is 0 Å². The second kappa shape index (κ2) is 6.92. The maximum Gasteiger partial charge on any atom is 0.357 e. The molecule has 0 amide bonds. The molecule has 0 aliphatic carbocycles. The predicted molar refractivity (Wildman–Crippen MR) is 91.9 cm³/mol. The fourth-order valence-corrected chi connectivity index (χ4v) is 2.74. The first-order chi connectivity index (χ1) is 12.3. The molecule has 0 bridgehead atoms. The van der Waals surface area contributed by atoms with Crippen molar-refractivity contribution in [2.45, 2.75) is 6.23 Å². The number of H-pyrrole nitrogens is 1. The summed E-state index contributed by atoms with van der Waals surface area (Å²) in [6, 6.07) is 12.8. The van der Waals surface area contributed by atoms with Gasteiger partial charge in [-0.15, -0.1) is 0 Å². The van der Waals surface area contributed by atoms with E-state index in [9.17, 15) is 4.79 Å². The molecule has 7 nitrogen and oxygen atoms in total. The van der Waals surface area contributed by atoms with Crippen molar-refractivity contribution in [3.8, 4) is 5.75 Å². The Kier molecular flexibility index (Phi) is 4.32. The van der Waals surface area contributed by atoms with Gasteiger partial charge in [-0.25, -0.2) is 9.78 Å². The third kappa shape index (κ3) is 3.47. The van der Waals surface area contributed by atoms with Crippen molar-refractivity contribution < 1.29 is 14.4 Å². The zero-order valence-electron chi connectivity index (χ0n) is 13.5. The highest BCUT2D eigenvalue weighted by Gasteiger charge is 2.28. The number of fused-ring (bicyclic) bond motifs is 1. The van der Waals surface area contributed by atoms with Gasteiger partial charge in [0.05, 0.1) is 18.3 Å². The molecule has 3 heterocycles. The second-order valence-corrected chi connectivity index (χ2v) is 5.75. The van der Waals surface area contributed by atoms with Crippen molar-refractivity contribution in [1.82, 2.24) is 20.3 Å². The minimum absolute atomic E-state index is 0.393. The summed E-state index contributed by atoms with van der Waals surface area (Å²) in [5, 5.41) is 5.79. The largest absolute Gasteiger partial charge is 0.469 e. The zero-order valence-corrected chi connectivity index (χ0v) is 13.5. The lowest BCUT2D eigenvalue weighted by Crippen LogP contribution is -2.54. The van der Waals surface area contributed by atoms with Crippen LogP contribution in [0.3, 0.4) is 0 Å². The second-order valence-electron chi connectivity index (χ2n) is 5.75. The fraction of sp³-hybridized carbons (Fsp3) is 0.222. The number of ether oxygens (including phenoxy) is 1. The van der Waals surface area contributed by atoms with E-state index < -0.39 is 12.2 Å². The molecule has 0 radical (unpaired) electrons. The number of rotatable bonds is 4. The smallest absolute Gasteiger partial charge is 0.357 e. The number of hydrogen-bond acceptors (Lipinski definition) is 6. The summed E-state index contributed by atoms with van der Waals surface area (Å²) in [7, 11) is 0. The molecule has 1 aliphatic heterocycles. The van der Waals surface area contributed by atoms with Crippen LogP contribution in [-0.4, -0.2) is 46.9 Å². The van der Waals surface area contributed by atoms with Crippen molar-refractivity contribution >= 4 is 17.0 Å². The maximum atomic E-state index is 12.3. The number of aromatic nitrogens is 2. The van der Waals surface area contributed by atoms with Crippen LogP contribution in [0.15, 0.2) is 54.9 Å². The molecular weight excluding hydrogens is 320 g/mol. The lowest BCUT2D eigenvalue weighted by atomic mass is 10.2. The lowest BCUT2D eigenvalue weighted by molar-refractivity contribution is -0.195. The number of hydrogen-bond donors (Lipinski definition) is 2. The Morgan fingerprint density at radius 3 is 3.00 bits per heavy atom. The van der Waals surface area contributed by atoms with E-state index >= 15 is 0 Å². The first-order valence-electron chi connectivity index (χ1n) is 8.14. The number of carbonyl (C=O) groups is 1. The predicted octanol–water partition coefficient (Wildman–Crippen LogP) is 1.94. The number of benzene rings is 1. The molecule has 1 atom stereocenters. The molecule has 1 unspecified atom stereocenters. The third-order valence-electron chi connectivity index (χ3n) is 4.01. The van der Waals surface area contributed by atoms with Crippen LogP contribution in [-0.2, 0) is 4.84 Å². The normalized spacial score (nSPS) is 18.2. The van der Waals surface area contributed by atoms with Gasteiger partial charge >= 0.3 is 5.97 Å². The quantitative estimate of drug-likeness (QED) is 0.757. The van der Waals surface area contributed by atoms with E-state index in [4.69, 9.17) is 9.57 Å². The van der Waals surface area contributed by atoms with Gasteiger partial charge in [0.15, 0.2) is 6.23 Å². The molecule has 25 heavy (non-hydrogen) atoms. The van der Waals surface area contributed by atoms with Crippen molar-refractivity contribution in [1.29, 1.82) is 0 Å². The van der Waals surface area contributed by atoms with Gasteiger partial charge in [0.25, 0.3) is 0 Å². The van der Waals surface area contributed by atoms with Gasteiger partial charge in [0.1, 0.15) is 11.4 Å². The monoisotopic (exact) mass is 338 g/mol. The number of hydroxylamine groups is 2. The molecule has 4 rings (SSSR count). The van der Waals surface area contributed by atoms with Crippen molar-refractivity contribution in [3.05, 3.63) is 60.4 Å². The minimum atomic E-state index is -0.417. The average Bonchev–Trinajstić information content (AvgIpc) is 3.12. The van der Waals surface area contributed by atoms with Gasteiger partial charge in [-0.1, -0.05) is 23.3 Å². The first kappa shape index (κ1) is 15.6. The SMILES string of the molecule is O=C(ON1CCNCC1Oc1cnc2[nH]ccc2c1)c1ccccc1. The molecule has 0 spiro atoms. The summed E-state index contributed by atoms with van der Waals surface area (Å²) in [6.07, 6.45) is 3.07. The Morgan fingerprint density at radius 1 is 1.24 bits per heavy atom. The average molecular weight is 338 g/mol. The Bertz CT molecular complexity index is 865. The highest BCUT2D eigenvalue weighted by molar-refractivity contribution is 5.89. The Morgan fingerprint density at radius 2 is 2.12 bits per heavy atom. The van der Waals surface area contributed by atoms with E-state index in [1.54, 1.807) is 35.5 Å². The van der Waals surface area contributed by atoms with Crippen molar-refractivity contribution in [2.24, 2.45) is 0 Å². The zero-order chi connectivity index (χ0) is 17.1. The summed E-state index contributed by atoms with van der Waals surface area (Å²) in [6.45, 7) is 1.81. The first-order valence-corrected chi connectivity index (χ1v) is 8.14. The molecular formula is C18H18N4O3. The van der Waals surface area contributed by atoms with Gasteiger partial charge in [0, 0.05) is 24.7 Å². The molecule has 2 N–H and O–H groups in total. The van der Waals surface area contributed by atoms with Crippen LogP contribution < -0.4 is 10.1 Å². The standard InChI is InChI=1S/C18H18N4O3/c23-18(13-4-2-1-3-5-13)25-22-9-8-19-12-16(22)24-15-10-14-6-7-20-17(14)21-11-15/h1-7,10-11,16,19H,8-9,12H2,(H,20,21). The molecule has 1 fully saturated rings. The number of aromatic amines is 1. The van der Waals surface area contributed by atoms with Crippen LogP contribution in [0.25, 0.3) is 11.0 Å². The summed E-state index contributed by atoms with van der Waals surface area (Å²) in [5.74, 6) is 0.233. The van der Waals surface area contributed by atoms with Gasteiger partial charge in [-0.2, -0.15) is 0 Å². The van der Waals surface area contributed by atoms with Crippen LogP contribution in [0.4, 0.5) is 0 Å². The third-order valence-corrected chi connectivity index (χ3v) is 4.01. The van der Waals surface area contributed by atoms with Crippen molar-refractivity contribution in [2.75, 3.05) is 19.6 Å². The highest BCUT2D eigenvalue weighted by atomic mass is 16.7. The Balaban J connectivity index is 1.47. The molecule has 1 aromatic carbocycles.